The molecule has 0 aromatic carbocycles. The molecule has 0 aliphatic heterocycles. The second-order valence-corrected chi connectivity index (χ2v) is 2.88. The first kappa shape index (κ1) is 12.2. The van der Waals surface area contributed by atoms with Crippen LogP contribution in [0.3, 0.4) is 0 Å². The quantitative estimate of drug-likeness (QED) is 0.293. The molecule has 0 aliphatic carbocycles. The van der Waals surface area contributed by atoms with Crippen molar-refractivity contribution in [2.75, 3.05) is 19.7 Å². The Morgan fingerprint density at radius 2 is 2.31 bits per heavy atom. The van der Waals surface area contributed by atoms with Gasteiger partial charge in [-0.1, -0.05) is 11.6 Å². The van der Waals surface area contributed by atoms with Gasteiger partial charge in [-0.15, -0.1) is 5.01 Å². The molecular formula is C6H15ClN3O3+. The lowest BCUT2D eigenvalue weighted by molar-refractivity contribution is -0.941. The molecule has 78 valence electrons. The Balaban J connectivity index is 4.01. The molecule has 13 heavy (non-hydrogen) atoms. The molecule has 0 rings (SSSR count). The zero-order valence-corrected chi connectivity index (χ0v) is 8.48. The van der Waals surface area contributed by atoms with E-state index in [1.165, 1.54) is 5.01 Å². The Bertz CT molecular complexity index is 165. The van der Waals surface area contributed by atoms with Crippen LogP contribution in [0.5, 0.6) is 0 Å². The van der Waals surface area contributed by atoms with Gasteiger partial charge in [-0.3, -0.25) is 0 Å². The van der Waals surface area contributed by atoms with Crippen molar-refractivity contribution in [1.29, 1.82) is 0 Å². The highest BCUT2D eigenvalue weighted by Gasteiger charge is 2.16. The van der Waals surface area contributed by atoms with Crippen LogP contribution < -0.4 is 0 Å². The third-order valence-electron chi connectivity index (χ3n) is 1.24. The van der Waals surface area contributed by atoms with Gasteiger partial charge >= 0.3 is 0 Å². The zero-order valence-electron chi connectivity index (χ0n) is 7.72. The number of likely N-dealkylation sites (N-methyl/N-ethyl adjacent to an activating group) is 1. The number of hydrazine groups is 1. The summed E-state index contributed by atoms with van der Waals surface area (Å²) in [5.41, 5.74) is -0.609. The summed E-state index contributed by atoms with van der Waals surface area (Å²) in [6.45, 7) is 4.08. The molecule has 1 atom stereocenters. The molecule has 0 spiro atoms. The summed E-state index contributed by atoms with van der Waals surface area (Å²) in [7, 11) is 0. The zero-order chi connectivity index (χ0) is 10.3. The molecule has 0 aromatic rings. The molecule has 1 unspecified atom stereocenters. The molecule has 0 heterocycles. The number of rotatable bonds is 6. The van der Waals surface area contributed by atoms with E-state index in [2.05, 4.69) is 10.1 Å². The molecule has 0 fully saturated rings. The Hall–Kier alpha value is -0.750. The Morgan fingerprint density at radius 1 is 1.69 bits per heavy atom. The largest absolute Gasteiger partial charge is 0.394 e. The molecule has 0 radical (unpaired) electrons. The number of alkyl halides is 1. The average Bonchev–Trinajstić information content (AvgIpc) is 2.10. The highest BCUT2D eigenvalue weighted by molar-refractivity contribution is 6.19. The lowest BCUT2D eigenvalue weighted by Crippen LogP contribution is -2.34. The molecule has 2 N–H and O–H groups in total. The van der Waals surface area contributed by atoms with Gasteiger partial charge in [0, 0.05) is 0 Å². The minimum absolute atomic E-state index is 0.0726. The van der Waals surface area contributed by atoms with E-state index in [4.69, 9.17) is 16.7 Å². The van der Waals surface area contributed by atoms with Gasteiger partial charge in [0.05, 0.1) is 13.2 Å². The minimum atomic E-state index is -0.609. The van der Waals surface area contributed by atoms with Crippen molar-refractivity contribution in [3.8, 4) is 0 Å². The van der Waals surface area contributed by atoms with Crippen LogP contribution in [0.15, 0.2) is 5.28 Å². The maximum Gasteiger partial charge on any atom is 0.275 e. The summed E-state index contributed by atoms with van der Waals surface area (Å²) in [5.74, 6) is 0. The predicted octanol–water partition coefficient (Wildman–Crippen LogP) is 0.586. The van der Waals surface area contributed by atoms with E-state index >= 15 is 0 Å². The molecule has 0 saturated heterocycles. The first-order valence-electron chi connectivity index (χ1n) is 3.97. The summed E-state index contributed by atoms with van der Waals surface area (Å²) in [6.07, 6.45) is 0. The molecule has 0 amide bonds. The molecule has 0 bridgehead atoms. The van der Waals surface area contributed by atoms with E-state index in [1.54, 1.807) is 13.8 Å². The van der Waals surface area contributed by atoms with E-state index in [0.29, 0.717) is 11.5 Å². The van der Waals surface area contributed by atoms with E-state index in [-0.39, 0.29) is 13.2 Å². The predicted molar refractivity (Wildman–Crippen MR) is 45.2 cm³/mol. The summed E-state index contributed by atoms with van der Waals surface area (Å²) in [4.78, 5) is 5.10. The number of aliphatic hydroxyl groups is 1. The molecule has 6 nitrogen and oxygen atoms in total. The smallest absolute Gasteiger partial charge is 0.275 e. The van der Waals surface area contributed by atoms with Crippen LogP contribution in [-0.4, -0.2) is 45.6 Å². The van der Waals surface area contributed by atoms with Gasteiger partial charge in [-0.25, -0.2) is 5.21 Å². The van der Waals surface area contributed by atoms with Gasteiger partial charge < -0.3 is 9.94 Å². The number of halogens is 1. The number of hydrogen-bond donors (Lipinski definition) is 2. The van der Waals surface area contributed by atoms with Crippen molar-refractivity contribution in [3.63, 3.8) is 0 Å². The van der Waals surface area contributed by atoms with Gasteiger partial charge in [0.2, 0.25) is 5.56 Å². The second kappa shape index (κ2) is 6.73. The van der Waals surface area contributed by atoms with Gasteiger partial charge in [-0.2, -0.15) is 0 Å². The molecule has 7 heteroatoms. The molecule has 0 aromatic heterocycles. The van der Waals surface area contributed by atoms with E-state index in [0.717, 1.165) is 0 Å². The summed E-state index contributed by atoms with van der Waals surface area (Å²) in [5, 5.41) is 22.5. The van der Waals surface area contributed by atoms with Crippen LogP contribution >= 0.6 is 11.6 Å². The highest BCUT2D eigenvalue weighted by Crippen LogP contribution is 1.97. The standard InChI is InChI=1S/C6H15ClN3O3/c1-3-9(4-5-11)10(12)8-13-6(2)7/h6,11H,3-5H2,1-2H3,(H,8,12)/q+1. The van der Waals surface area contributed by atoms with Crippen molar-refractivity contribution in [3.05, 3.63) is 0 Å². The SMILES string of the molecule is CCN(CCO)/[N+](O)=N/OC(C)Cl. The monoisotopic (exact) mass is 212 g/mol. The van der Waals surface area contributed by atoms with Crippen LogP contribution in [0, 0.1) is 0 Å². The average molecular weight is 213 g/mol. The minimum Gasteiger partial charge on any atom is -0.394 e. The van der Waals surface area contributed by atoms with Gasteiger partial charge in [0.1, 0.15) is 6.54 Å². The molecular weight excluding hydrogens is 198 g/mol. The fourth-order valence-corrected chi connectivity index (χ4v) is 0.684. The van der Waals surface area contributed by atoms with Crippen molar-refractivity contribution in [2.24, 2.45) is 5.28 Å². The lowest BCUT2D eigenvalue weighted by atomic mass is 10.6. The first-order chi connectivity index (χ1) is 6.11. The topological polar surface area (TPSA) is 68.3 Å². The normalized spacial score (nSPS) is 14.0. The maximum atomic E-state index is 9.19. The van der Waals surface area contributed by atoms with Crippen molar-refractivity contribution < 1.29 is 20.1 Å². The first-order valence-corrected chi connectivity index (χ1v) is 4.41. The van der Waals surface area contributed by atoms with Crippen LogP contribution in [0.25, 0.3) is 0 Å². The van der Waals surface area contributed by atoms with Crippen molar-refractivity contribution >= 4 is 11.6 Å². The number of hydrogen-bond acceptors (Lipinski definition) is 3. The van der Waals surface area contributed by atoms with Crippen molar-refractivity contribution in [2.45, 2.75) is 19.4 Å². The van der Waals surface area contributed by atoms with Gasteiger partial charge in [-0.05, 0) is 13.8 Å². The molecule has 0 saturated carbocycles. The van der Waals surface area contributed by atoms with Crippen molar-refractivity contribution in [1.82, 2.24) is 5.01 Å². The Kier molecular flexibility index (Phi) is 6.34. The van der Waals surface area contributed by atoms with E-state index < -0.39 is 5.56 Å². The van der Waals surface area contributed by atoms with Gasteiger partial charge in [0.25, 0.3) is 10.2 Å². The van der Waals surface area contributed by atoms with E-state index in [9.17, 15) is 5.21 Å². The number of aliphatic hydroxyl groups excluding tert-OH is 1. The third kappa shape index (κ3) is 5.48. The Morgan fingerprint density at radius 3 is 2.69 bits per heavy atom. The van der Waals surface area contributed by atoms with Crippen LogP contribution in [0.2, 0.25) is 0 Å². The second-order valence-electron chi connectivity index (χ2n) is 2.27. The van der Waals surface area contributed by atoms with Crippen LogP contribution in [-0.2, 0) is 4.84 Å². The fourth-order valence-electron chi connectivity index (χ4n) is 0.648. The lowest BCUT2D eigenvalue weighted by Gasteiger charge is -2.07. The van der Waals surface area contributed by atoms with E-state index in [1.807, 2.05) is 0 Å². The Labute approximate surface area is 81.9 Å². The molecule has 0 aliphatic rings. The summed E-state index contributed by atoms with van der Waals surface area (Å²) in [6, 6.07) is 0. The highest BCUT2D eigenvalue weighted by atomic mass is 35.5. The summed E-state index contributed by atoms with van der Waals surface area (Å²) >= 11 is 5.43. The fraction of sp³-hybridized carbons (Fsp3) is 1.00. The van der Waals surface area contributed by atoms with Crippen LogP contribution in [0.1, 0.15) is 13.8 Å². The van der Waals surface area contributed by atoms with Crippen LogP contribution in [0.4, 0.5) is 0 Å². The maximum absolute atomic E-state index is 9.19. The number of nitrogens with zero attached hydrogens (tertiary/aromatic N) is 3. The third-order valence-corrected chi connectivity index (χ3v) is 1.32. The summed E-state index contributed by atoms with van der Waals surface area (Å²) < 4.78 is 0. The van der Waals surface area contributed by atoms with Gasteiger partial charge in [0.15, 0.2) is 0 Å².